The maximum absolute atomic E-state index is 12.2. The Labute approximate surface area is 165 Å². The average molecular weight is 402 g/mol. The van der Waals surface area contributed by atoms with Crippen molar-refractivity contribution in [3.05, 3.63) is 59.2 Å². The zero-order valence-electron chi connectivity index (χ0n) is 15.9. The first-order chi connectivity index (χ1) is 13.3. The van der Waals surface area contributed by atoms with Crippen LogP contribution in [0.5, 0.6) is 0 Å². The monoisotopic (exact) mass is 402 g/mol. The van der Waals surface area contributed by atoms with Gasteiger partial charge in [0.2, 0.25) is 0 Å². The van der Waals surface area contributed by atoms with Gasteiger partial charge in [0.05, 0.1) is 21.3 Å². The molecule has 0 bridgehead atoms. The predicted octanol–water partition coefficient (Wildman–Crippen LogP) is 2.94. The SMILES string of the molecule is CCS(=O)c1ccccc1C(=O)OCC(=O)NC(=O)Nc1ccc(C)c(C)c1. The lowest BCUT2D eigenvalue weighted by molar-refractivity contribution is -0.123. The molecule has 0 spiro atoms. The number of nitrogens with one attached hydrogen (secondary N) is 2. The molecule has 0 aliphatic rings. The first-order valence-electron chi connectivity index (χ1n) is 8.64. The van der Waals surface area contributed by atoms with E-state index in [1.54, 1.807) is 37.3 Å². The Morgan fingerprint density at radius 2 is 1.75 bits per heavy atom. The lowest BCUT2D eigenvalue weighted by Crippen LogP contribution is -2.37. The van der Waals surface area contributed by atoms with Crippen LogP contribution in [0.25, 0.3) is 0 Å². The van der Waals surface area contributed by atoms with Gasteiger partial charge >= 0.3 is 12.0 Å². The highest BCUT2D eigenvalue weighted by molar-refractivity contribution is 7.85. The second-order valence-electron chi connectivity index (χ2n) is 6.01. The number of carbonyl (C=O) groups is 3. The summed E-state index contributed by atoms with van der Waals surface area (Å²) < 4.78 is 17.0. The number of hydrogen-bond acceptors (Lipinski definition) is 5. The van der Waals surface area contributed by atoms with Crippen molar-refractivity contribution in [3.63, 3.8) is 0 Å². The molecule has 0 aliphatic carbocycles. The average Bonchev–Trinajstić information content (AvgIpc) is 2.68. The number of aryl methyl sites for hydroxylation is 2. The summed E-state index contributed by atoms with van der Waals surface area (Å²) in [6, 6.07) is 11.0. The van der Waals surface area contributed by atoms with Gasteiger partial charge in [-0.2, -0.15) is 0 Å². The lowest BCUT2D eigenvalue weighted by Gasteiger charge is -2.10. The van der Waals surface area contributed by atoms with Crippen LogP contribution in [0.15, 0.2) is 47.4 Å². The van der Waals surface area contributed by atoms with Crippen LogP contribution in [-0.4, -0.2) is 34.5 Å². The summed E-state index contributed by atoms with van der Waals surface area (Å²) in [5, 5.41) is 4.63. The third-order valence-electron chi connectivity index (χ3n) is 3.97. The van der Waals surface area contributed by atoms with Gasteiger partial charge in [0.25, 0.3) is 5.91 Å². The standard InChI is InChI=1S/C20H22N2O5S/c1-4-28(26)17-8-6-5-7-16(17)19(24)27-12-18(23)22-20(25)21-15-10-9-13(2)14(3)11-15/h5-11H,4,12H2,1-3H3,(H2,21,22,23,25). The Bertz CT molecular complexity index is 927. The number of benzene rings is 2. The Balaban J connectivity index is 1.90. The van der Waals surface area contributed by atoms with Gasteiger partial charge < -0.3 is 10.1 Å². The van der Waals surface area contributed by atoms with Crippen LogP contribution in [0.4, 0.5) is 10.5 Å². The second kappa shape index (κ2) is 9.80. The first-order valence-corrected chi connectivity index (χ1v) is 9.96. The van der Waals surface area contributed by atoms with Crippen LogP contribution in [-0.2, 0) is 20.3 Å². The van der Waals surface area contributed by atoms with Crippen molar-refractivity contribution in [2.24, 2.45) is 0 Å². The van der Waals surface area contributed by atoms with Gasteiger partial charge in [0.1, 0.15) is 0 Å². The molecule has 3 amide bonds. The number of urea groups is 1. The van der Waals surface area contributed by atoms with Crippen LogP contribution in [0.1, 0.15) is 28.4 Å². The van der Waals surface area contributed by atoms with Crippen molar-refractivity contribution in [2.75, 3.05) is 17.7 Å². The predicted molar refractivity (Wildman–Crippen MR) is 107 cm³/mol. The van der Waals surface area contributed by atoms with E-state index in [0.29, 0.717) is 16.3 Å². The van der Waals surface area contributed by atoms with Gasteiger partial charge in [-0.25, -0.2) is 9.59 Å². The molecule has 2 rings (SSSR count). The number of amides is 3. The van der Waals surface area contributed by atoms with E-state index >= 15 is 0 Å². The van der Waals surface area contributed by atoms with E-state index in [9.17, 15) is 18.6 Å². The van der Waals surface area contributed by atoms with Crippen molar-refractivity contribution in [1.29, 1.82) is 0 Å². The quantitative estimate of drug-likeness (QED) is 0.724. The highest BCUT2D eigenvalue weighted by Gasteiger charge is 2.18. The summed E-state index contributed by atoms with van der Waals surface area (Å²) in [5.41, 5.74) is 2.76. The van der Waals surface area contributed by atoms with Crippen molar-refractivity contribution < 1.29 is 23.3 Å². The van der Waals surface area contributed by atoms with Crippen molar-refractivity contribution >= 4 is 34.4 Å². The van der Waals surface area contributed by atoms with Gasteiger partial charge in [-0.05, 0) is 49.2 Å². The van der Waals surface area contributed by atoms with Crippen molar-refractivity contribution in [2.45, 2.75) is 25.7 Å². The minimum atomic E-state index is -1.34. The fourth-order valence-corrected chi connectivity index (χ4v) is 3.28. The topological polar surface area (TPSA) is 102 Å². The second-order valence-corrected chi connectivity index (χ2v) is 7.72. The van der Waals surface area contributed by atoms with Gasteiger partial charge in [0, 0.05) is 11.4 Å². The molecule has 0 saturated carbocycles. The number of anilines is 1. The number of hydrogen-bond donors (Lipinski definition) is 2. The fourth-order valence-electron chi connectivity index (χ4n) is 2.34. The molecular formula is C20H22N2O5S. The molecule has 0 heterocycles. The summed E-state index contributed by atoms with van der Waals surface area (Å²) in [7, 11) is -1.34. The molecular weight excluding hydrogens is 380 g/mol. The van der Waals surface area contributed by atoms with E-state index < -0.39 is 35.3 Å². The van der Waals surface area contributed by atoms with Crippen LogP contribution in [0.3, 0.4) is 0 Å². The molecule has 0 radical (unpaired) electrons. The maximum Gasteiger partial charge on any atom is 0.339 e. The Hall–Kier alpha value is -3.00. The number of esters is 1. The molecule has 7 nitrogen and oxygen atoms in total. The maximum atomic E-state index is 12.2. The third-order valence-corrected chi connectivity index (χ3v) is 5.34. The zero-order valence-corrected chi connectivity index (χ0v) is 16.7. The highest BCUT2D eigenvalue weighted by Crippen LogP contribution is 2.15. The summed E-state index contributed by atoms with van der Waals surface area (Å²) in [4.78, 5) is 36.3. The van der Waals surface area contributed by atoms with Crippen LogP contribution in [0.2, 0.25) is 0 Å². The third kappa shape index (κ3) is 5.75. The van der Waals surface area contributed by atoms with Gasteiger partial charge in [0.15, 0.2) is 6.61 Å². The Kier molecular flexibility index (Phi) is 7.45. The molecule has 0 aromatic heterocycles. The van der Waals surface area contributed by atoms with Crippen LogP contribution in [0, 0.1) is 13.8 Å². The van der Waals surface area contributed by atoms with E-state index in [1.807, 2.05) is 19.9 Å². The normalized spacial score (nSPS) is 11.4. The molecule has 8 heteroatoms. The van der Waals surface area contributed by atoms with E-state index in [2.05, 4.69) is 10.6 Å². The van der Waals surface area contributed by atoms with E-state index in [1.165, 1.54) is 6.07 Å². The van der Waals surface area contributed by atoms with Gasteiger partial charge in [-0.15, -0.1) is 0 Å². The molecule has 0 saturated heterocycles. The van der Waals surface area contributed by atoms with Gasteiger partial charge in [-0.1, -0.05) is 25.1 Å². The Morgan fingerprint density at radius 1 is 1.04 bits per heavy atom. The first kappa shape index (κ1) is 21.3. The van der Waals surface area contributed by atoms with E-state index in [4.69, 9.17) is 4.74 Å². The largest absolute Gasteiger partial charge is 0.452 e. The van der Waals surface area contributed by atoms with E-state index in [0.717, 1.165) is 11.1 Å². The van der Waals surface area contributed by atoms with E-state index in [-0.39, 0.29) is 5.56 Å². The van der Waals surface area contributed by atoms with Crippen molar-refractivity contribution in [1.82, 2.24) is 5.32 Å². The molecule has 1 atom stereocenters. The number of carbonyl (C=O) groups excluding carboxylic acids is 3. The summed E-state index contributed by atoms with van der Waals surface area (Å²) in [5.74, 6) is -1.20. The molecule has 2 aromatic rings. The molecule has 1 unspecified atom stereocenters. The summed E-state index contributed by atoms with van der Waals surface area (Å²) >= 11 is 0. The highest BCUT2D eigenvalue weighted by atomic mass is 32.2. The zero-order chi connectivity index (χ0) is 20.7. The lowest BCUT2D eigenvalue weighted by atomic mass is 10.1. The molecule has 0 aliphatic heterocycles. The van der Waals surface area contributed by atoms with Crippen molar-refractivity contribution in [3.8, 4) is 0 Å². The Morgan fingerprint density at radius 3 is 2.43 bits per heavy atom. The smallest absolute Gasteiger partial charge is 0.339 e. The molecule has 0 fully saturated rings. The van der Waals surface area contributed by atoms with Gasteiger partial charge in [-0.3, -0.25) is 14.3 Å². The molecule has 28 heavy (non-hydrogen) atoms. The minimum absolute atomic E-state index is 0.134. The van der Waals surface area contributed by atoms with Crippen LogP contribution < -0.4 is 10.6 Å². The number of imide groups is 1. The number of ether oxygens (including phenoxy) is 1. The molecule has 2 aromatic carbocycles. The van der Waals surface area contributed by atoms with Crippen LogP contribution >= 0.6 is 0 Å². The molecule has 148 valence electrons. The summed E-state index contributed by atoms with van der Waals surface area (Å²) in [6.45, 7) is 4.96. The number of rotatable bonds is 6. The summed E-state index contributed by atoms with van der Waals surface area (Å²) in [6.07, 6.45) is 0. The fraction of sp³-hybridized carbons (Fsp3) is 0.250. The molecule has 2 N–H and O–H groups in total. The minimum Gasteiger partial charge on any atom is -0.452 e.